The third-order valence-corrected chi connectivity index (χ3v) is 4.01. The second-order valence-electron chi connectivity index (χ2n) is 5.79. The van der Waals surface area contributed by atoms with E-state index in [1.165, 1.54) is 18.6 Å². The molecule has 1 aromatic heterocycles. The van der Waals surface area contributed by atoms with Crippen LogP contribution in [0.2, 0.25) is 0 Å². The summed E-state index contributed by atoms with van der Waals surface area (Å²) in [5.41, 5.74) is 1.58. The summed E-state index contributed by atoms with van der Waals surface area (Å²) in [5, 5.41) is 0. The highest BCUT2D eigenvalue weighted by molar-refractivity contribution is 5.61. The highest BCUT2D eigenvalue weighted by Crippen LogP contribution is 2.26. The minimum Gasteiger partial charge on any atom is -0.475 e. The molecule has 1 aliphatic rings. The molecule has 24 heavy (non-hydrogen) atoms. The average molecular weight is 331 g/mol. The number of nitrogens with zero attached hydrogens (tertiary/aromatic N) is 3. The lowest BCUT2D eigenvalue weighted by atomic mass is 10.1. The summed E-state index contributed by atoms with van der Waals surface area (Å²) in [5.74, 6) is 0.923. The molecule has 2 heterocycles. The van der Waals surface area contributed by atoms with E-state index in [1.54, 1.807) is 25.3 Å². The van der Waals surface area contributed by atoms with Crippen molar-refractivity contribution in [2.24, 2.45) is 0 Å². The lowest BCUT2D eigenvalue weighted by molar-refractivity contribution is 0.143. The number of benzene rings is 1. The summed E-state index contributed by atoms with van der Waals surface area (Å²) in [6.45, 7) is 2.82. The zero-order chi connectivity index (χ0) is 16.8. The van der Waals surface area contributed by atoms with Crippen LogP contribution in [-0.2, 0) is 4.74 Å². The molecule has 1 fully saturated rings. The smallest absolute Gasteiger partial charge is 0.229 e. The fourth-order valence-electron chi connectivity index (χ4n) is 2.72. The molecule has 1 saturated heterocycles. The highest BCUT2D eigenvalue weighted by Gasteiger charge is 2.16. The van der Waals surface area contributed by atoms with Gasteiger partial charge in [0.25, 0.3) is 0 Å². The minimum absolute atomic E-state index is 0.263. The zero-order valence-electron chi connectivity index (χ0n) is 13.9. The van der Waals surface area contributed by atoms with Crippen LogP contribution in [0.25, 0.3) is 11.3 Å². The van der Waals surface area contributed by atoms with Crippen molar-refractivity contribution in [3.63, 3.8) is 0 Å². The van der Waals surface area contributed by atoms with Crippen molar-refractivity contribution < 1.29 is 13.9 Å². The molecule has 1 aliphatic heterocycles. The molecular formula is C18H22FN3O2. The van der Waals surface area contributed by atoms with Crippen molar-refractivity contribution >= 4 is 5.95 Å². The zero-order valence-corrected chi connectivity index (χ0v) is 13.9. The van der Waals surface area contributed by atoms with Crippen LogP contribution in [0.1, 0.15) is 19.3 Å². The fourth-order valence-corrected chi connectivity index (χ4v) is 2.72. The maximum Gasteiger partial charge on any atom is 0.229 e. The molecule has 0 N–H and O–H groups in total. The van der Waals surface area contributed by atoms with Gasteiger partial charge < -0.3 is 14.4 Å². The van der Waals surface area contributed by atoms with Crippen LogP contribution in [0.15, 0.2) is 30.3 Å². The summed E-state index contributed by atoms with van der Waals surface area (Å²) >= 11 is 0. The Morgan fingerprint density at radius 2 is 1.79 bits per heavy atom. The first-order valence-corrected chi connectivity index (χ1v) is 8.28. The third-order valence-electron chi connectivity index (χ3n) is 4.01. The Kier molecular flexibility index (Phi) is 5.59. The third kappa shape index (κ3) is 4.20. The molecule has 0 aliphatic carbocycles. The van der Waals surface area contributed by atoms with Gasteiger partial charge >= 0.3 is 0 Å². The molecule has 0 radical (unpaired) electrons. The molecule has 6 heteroatoms. The van der Waals surface area contributed by atoms with Crippen molar-refractivity contribution in [1.29, 1.82) is 0 Å². The van der Waals surface area contributed by atoms with Gasteiger partial charge in [-0.1, -0.05) is 0 Å². The van der Waals surface area contributed by atoms with E-state index in [-0.39, 0.29) is 5.82 Å². The molecule has 5 nitrogen and oxygen atoms in total. The number of hydrogen-bond donors (Lipinski definition) is 0. The summed E-state index contributed by atoms with van der Waals surface area (Å²) in [7, 11) is 1.63. The van der Waals surface area contributed by atoms with E-state index in [9.17, 15) is 4.39 Å². The minimum atomic E-state index is -0.263. The van der Waals surface area contributed by atoms with Gasteiger partial charge in [-0.3, -0.25) is 0 Å². The second kappa shape index (κ2) is 8.06. The van der Waals surface area contributed by atoms with Gasteiger partial charge in [-0.2, -0.15) is 4.98 Å². The Balaban J connectivity index is 1.90. The maximum atomic E-state index is 13.2. The molecule has 0 spiro atoms. The molecular weight excluding hydrogens is 309 g/mol. The first-order valence-electron chi connectivity index (χ1n) is 8.28. The van der Waals surface area contributed by atoms with Gasteiger partial charge in [0.15, 0.2) is 0 Å². The molecule has 0 unspecified atom stereocenters. The molecule has 0 bridgehead atoms. The van der Waals surface area contributed by atoms with E-state index in [4.69, 9.17) is 9.47 Å². The van der Waals surface area contributed by atoms with Gasteiger partial charge in [0, 0.05) is 31.8 Å². The van der Waals surface area contributed by atoms with Crippen molar-refractivity contribution in [1.82, 2.24) is 9.97 Å². The van der Waals surface area contributed by atoms with E-state index in [2.05, 4.69) is 14.9 Å². The van der Waals surface area contributed by atoms with E-state index in [0.717, 1.165) is 37.2 Å². The highest BCUT2D eigenvalue weighted by atomic mass is 19.1. The number of anilines is 1. The Morgan fingerprint density at radius 1 is 1.04 bits per heavy atom. The van der Waals surface area contributed by atoms with Gasteiger partial charge in [0.1, 0.15) is 12.4 Å². The summed E-state index contributed by atoms with van der Waals surface area (Å²) < 4.78 is 23.9. The van der Waals surface area contributed by atoms with Crippen LogP contribution >= 0.6 is 0 Å². The van der Waals surface area contributed by atoms with Crippen molar-refractivity contribution in [2.75, 3.05) is 38.3 Å². The molecule has 0 amide bonds. The van der Waals surface area contributed by atoms with Crippen LogP contribution in [0.3, 0.4) is 0 Å². The molecule has 3 rings (SSSR count). The van der Waals surface area contributed by atoms with Gasteiger partial charge in [0.2, 0.25) is 11.8 Å². The Hall–Kier alpha value is -2.21. The molecule has 1 aromatic carbocycles. The SMILES string of the molecule is COCCOc1cc(-c2ccc(F)cc2)nc(N2CCCCC2)n1. The average Bonchev–Trinajstić information content (AvgIpc) is 2.63. The summed E-state index contributed by atoms with van der Waals surface area (Å²) in [6.07, 6.45) is 3.53. The lowest BCUT2D eigenvalue weighted by Crippen LogP contribution is -2.31. The number of halogens is 1. The number of ether oxygens (including phenoxy) is 2. The number of hydrogen-bond acceptors (Lipinski definition) is 5. The normalized spacial score (nSPS) is 14.7. The van der Waals surface area contributed by atoms with Crippen LogP contribution in [0.4, 0.5) is 10.3 Å². The number of rotatable bonds is 6. The summed E-state index contributed by atoms with van der Waals surface area (Å²) in [6, 6.07) is 8.09. The quantitative estimate of drug-likeness (QED) is 0.760. The lowest BCUT2D eigenvalue weighted by Gasteiger charge is -2.27. The van der Waals surface area contributed by atoms with E-state index in [0.29, 0.717) is 25.0 Å². The van der Waals surface area contributed by atoms with E-state index < -0.39 is 0 Å². The Labute approximate surface area is 141 Å². The second-order valence-corrected chi connectivity index (χ2v) is 5.79. The monoisotopic (exact) mass is 331 g/mol. The largest absolute Gasteiger partial charge is 0.475 e. The predicted octanol–water partition coefficient (Wildman–Crippen LogP) is 3.30. The maximum absolute atomic E-state index is 13.2. The Morgan fingerprint density at radius 3 is 2.50 bits per heavy atom. The van der Waals surface area contributed by atoms with Crippen molar-refractivity contribution in [2.45, 2.75) is 19.3 Å². The predicted molar refractivity (Wildman–Crippen MR) is 90.9 cm³/mol. The molecule has 128 valence electrons. The van der Waals surface area contributed by atoms with Crippen LogP contribution in [-0.4, -0.2) is 43.4 Å². The number of aromatic nitrogens is 2. The van der Waals surface area contributed by atoms with Gasteiger partial charge in [-0.25, -0.2) is 9.37 Å². The van der Waals surface area contributed by atoms with Crippen molar-refractivity contribution in [3.05, 3.63) is 36.1 Å². The number of piperidine rings is 1. The van der Waals surface area contributed by atoms with Crippen LogP contribution in [0, 0.1) is 5.82 Å². The fraction of sp³-hybridized carbons (Fsp3) is 0.444. The molecule has 0 saturated carbocycles. The first-order chi connectivity index (χ1) is 11.8. The van der Waals surface area contributed by atoms with Gasteiger partial charge in [-0.15, -0.1) is 0 Å². The van der Waals surface area contributed by atoms with Gasteiger partial charge in [-0.05, 0) is 43.5 Å². The van der Waals surface area contributed by atoms with E-state index >= 15 is 0 Å². The summed E-state index contributed by atoms with van der Waals surface area (Å²) in [4.78, 5) is 11.4. The number of methoxy groups -OCH3 is 1. The van der Waals surface area contributed by atoms with E-state index in [1.807, 2.05) is 0 Å². The van der Waals surface area contributed by atoms with Crippen LogP contribution in [0.5, 0.6) is 5.88 Å². The molecule has 2 aromatic rings. The van der Waals surface area contributed by atoms with Gasteiger partial charge in [0.05, 0.1) is 12.3 Å². The van der Waals surface area contributed by atoms with Crippen molar-refractivity contribution in [3.8, 4) is 17.1 Å². The standard InChI is InChI=1S/C18H22FN3O2/c1-23-11-12-24-17-13-16(14-5-7-15(19)8-6-14)20-18(21-17)22-9-3-2-4-10-22/h5-8,13H,2-4,9-12H2,1H3. The Bertz CT molecular complexity index is 658. The van der Waals surface area contributed by atoms with Crippen LogP contribution < -0.4 is 9.64 Å². The first kappa shape index (κ1) is 16.6. The topological polar surface area (TPSA) is 47.5 Å². The molecule has 0 atom stereocenters.